The Kier molecular flexibility index (Phi) is 9.12. The highest BCUT2D eigenvalue weighted by molar-refractivity contribution is 8.16. The molecule has 4 aromatic rings. The lowest BCUT2D eigenvalue weighted by atomic mass is 9.88. The molecule has 0 N–H and O–H groups in total. The molecule has 0 bridgehead atoms. The fourth-order valence-corrected chi connectivity index (χ4v) is 6.66. The summed E-state index contributed by atoms with van der Waals surface area (Å²) in [7, 11) is 0. The third kappa shape index (κ3) is 6.46. The quantitative estimate of drug-likeness (QED) is 0.207. The van der Waals surface area contributed by atoms with Gasteiger partial charge in [0.15, 0.2) is 0 Å². The van der Waals surface area contributed by atoms with E-state index >= 15 is 0 Å². The van der Waals surface area contributed by atoms with Gasteiger partial charge in [0.25, 0.3) is 0 Å². The molecule has 0 spiro atoms. The van der Waals surface area contributed by atoms with Crippen LogP contribution in [0.3, 0.4) is 0 Å². The Morgan fingerprint density at radius 2 is 1.21 bits per heavy atom. The molecule has 0 saturated heterocycles. The number of hydrogen-bond acceptors (Lipinski definition) is 2. The van der Waals surface area contributed by atoms with Gasteiger partial charge in [0, 0.05) is 11.7 Å². The van der Waals surface area contributed by atoms with Crippen LogP contribution in [0, 0.1) is 0 Å². The first-order chi connectivity index (χ1) is 16.8. The van der Waals surface area contributed by atoms with Crippen LogP contribution in [0.2, 0.25) is 0 Å². The Labute approximate surface area is 213 Å². The largest absolute Gasteiger partial charge is 0.143 e. The number of rotatable bonds is 10. The molecule has 4 aromatic carbocycles. The number of hydrogen-bond donors (Lipinski definition) is 0. The van der Waals surface area contributed by atoms with E-state index in [1.807, 2.05) is 23.5 Å². The van der Waals surface area contributed by atoms with E-state index in [-0.39, 0.29) is 0 Å². The van der Waals surface area contributed by atoms with Crippen LogP contribution < -0.4 is 0 Å². The van der Waals surface area contributed by atoms with Gasteiger partial charge in [-0.1, -0.05) is 135 Å². The first-order valence-corrected chi connectivity index (χ1v) is 14.0. The maximum atomic E-state index is 2.44. The van der Waals surface area contributed by atoms with E-state index < -0.39 is 0 Å². The summed E-state index contributed by atoms with van der Waals surface area (Å²) < 4.78 is 0.426. The molecule has 4 rings (SSSR count). The van der Waals surface area contributed by atoms with Crippen LogP contribution in [0.1, 0.15) is 41.0 Å². The molecule has 0 radical (unpaired) electrons. The standard InChI is InChI=1S/C32H32S2/c1-3-33-32(30-21-19-28(20-22-30)27-15-9-5-10-16-27)34-24-23-31(29-17-11-6-12-18-29)25(2)26-13-7-4-8-14-26/h4-23,25,32H,3,24H2,1-2H3/b31-23-. The molecule has 0 heterocycles. The lowest BCUT2D eigenvalue weighted by Crippen LogP contribution is -1.99. The van der Waals surface area contributed by atoms with Crippen molar-refractivity contribution >= 4 is 29.1 Å². The van der Waals surface area contributed by atoms with E-state index in [0.29, 0.717) is 10.5 Å². The van der Waals surface area contributed by atoms with Crippen LogP contribution in [0.25, 0.3) is 16.7 Å². The maximum absolute atomic E-state index is 2.44. The van der Waals surface area contributed by atoms with Crippen LogP contribution in [0.15, 0.2) is 121 Å². The van der Waals surface area contributed by atoms with Gasteiger partial charge in [-0.3, -0.25) is 0 Å². The number of thioether (sulfide) groups is 2. The summed E-state index contributed by atoms with van der Waals surface area (Å²) in [6, 6.07) is 41.4. The summed E-state index contributed by atoms with van der Waals surface area (Å²) in [4.78, 5) is 0. The average Bonchev–Trinajstić information content (AvgIpc) is 2.92. The minimum absolute atomic E-state index is 0.353. The highest BCUT2D eigenvalue weighted by Crippen LogP contribution is 2.41. The lowest BCUT2D eigenvalue weighted by Gasteiger charge is -2.19. The summed E-state index contributed by atoms with van der Waals surface area (Å²) in [5.74, 6) is 2.44. The molecule has 0 aromatic heterocycles. The van der Waals surface area contributed by atoms with Crippen molar-refractivity contribution in [2.24, 2.45) is 0 Å². The van der Waals surface area contributed by atoms with Crippen LogP contribution in [0.5, 0.6) is 0 Å². The molecule has 0 amide bonds. The minimum atomic E-state index is 0.353. The Hall–Kier alpha value is -2.68. The SMILES string of the molecule is CCSC(SC/C=C(\c1ccccc1)C(C)c1ccccc1)c1ccc(-c2ccccc2)cc1. The molecule has 2 atom stereocenters. The van der Waals surface area contributed by atoms with Crippen molar-refractivity contribution < 1.29 is 0 Å². The Bertz CT molecular complexity index is 1150. The lowest BCUT2D eigenvalue weighted by molar-refractivity contribution is 0.987. The molecule has 2 unspecified atom stereocenters. The smallest absolute Gasteiger partial charge is 0.0754 e. The Balaban J connectivity index is 1.52. The fraction of sp³-hybridized carbons (Fsp3) is 0.188. The highest BCUT2D eigenvalue weighted by atomic mass is 32.2. The van der Waals surface area contributed by atoms with Gasteiger partial charge in [-0.05, 0) is 39.1 Å². The van der Waals surface area contributed by atoms with Crippen molar-refractivity contribution in [1.29, 1.82) is 0 Å². The second kappa shape index (κ2) is 12.7. The van der Waals surface area contributed by atoms with Crippen molar-refractivity contribution in [3.63, 3.8) is 0 Å². The monoisotopic (exact) mass is 480 g/mol. The maximum Gasteiger partial charge on any atom is 0.0754 e. The first kappa shape index (κ1) is 24.4. The average molecular weight is 481 g/mol. The predicted molar refractivity (Wildman–Crippen MR) is 154 cm³/mol. The van der Waals surface area contributed by atoms with Crippen molar-refractivity contribution in [3.05, 3.63) is 138 Å². The molecule has 172 valence electrons. The summed E-state index contributed by atoms with van der Waals surface area (Å²) in [5.41, 5.74) is 8.01. The zero-order valence-electron chi connectivity index (χ0n) is 19.9. The predicted octanol–water partition coefficient (Wildman–Crippen LogP) is 9.73. The van der Waals surface area contributed by atoms with Crippen LogP contribution in [0.4, 0.5) is 0 Å². The van der Waals surface area contributed by atoms with Gasteiger partial charge in [0.2, 0.25) is 0 Å². The molecule has 0 aliphatic heterocycles. The van der Waals surface area contributed by atoms with Gasteiger partial charge in [0.1, 0.15) is 0 Å². The van der Waals surface area contributed by atoms with E-state index in [4.69, 9.17) is 0 Å². The van der Waals surface area contributed by atoms with Crippen molar-refractivity contribution in [1.82, 2.24) is 0 Å². The van der Waals surface area contributed by atoms with E-state index in [1.54, 1.807) is 0 Å². The topological polar surface area (TPSA) is 0 Å². The van der Waals surface area contributed by atoms with Gasteiger partial charge in [-0.25, -0.2) is 0 Å². The molecule has 0 saturated carbocycles. The molecule has 0 aliphatic carbocycles. The minimum Gasteiger partial charge on any atom is -0.143 e. The molecule has 0 fully saturated rings. The van der Waals surface area contributed by atoms with Gasteiger partial charge >= 0.3 is 0 Å². The summed E-state index contributed by atoms with van der Waals surface area (Å²) >= 11 is 4.04. The molecular formula is C32H32S2. The van der Waals surface area contributed by atoms with Gasteiger partial charge in [0.05, 0.1) is 4.58 Å². The molecule has 0 aliphatic rings. The Morgan fingerprint density at radius 3 is 1.82 bits per heavy atom. The van der Waals surface area contributed by atoms with Crippen LogP contribution >= 0.6 is 23.5 Å². The van der Waals surface area contributed by atoms with Gasteiger partial charge in [-0.15, -0.1) is 23.5 Å². The summed E-state index contributed by atoms with van der Waals surface area (Å²) in [5, 5.41) is 0. The van der Waals surface area contributed by atoms with E-state index in [2.05, 4.69) is 135 Å². The third-order valence-electron chi connectivity index (χ3n) is 6.03. The van der Waals surface area contributed by atoms with Gasteiger partial charge < -0.3 is 0 Å². The fourth-order valence-electron chi connectivity index (χ4n) is 4.18. The van der Waals surface area contributed by atoms with E-state index in [9.17, 15) is 0 Å². The molecule has 34 heavy (non-hydrogen) atoms. The number of benzene rings is 4. The van der Waals surface area contributed by atoms with Crippen LogP contribution in [-0.4, -0.2) is 11.5 Å². The third-order valence-corrected chi connectivity index (χ3v) is 8.69. The highest BCUT2D eigenvalue weighted by Gasteiger charge is 2.15. The summed E-state index contributed by atoms with van der Waals surface area (Å²) in [6.07, 6.45) is 2.44. The van der Waals surface area contributed by atoms with E-state index in [1.165, 1.54) is 33.4 Å². The second-order valence-corrected chi connectivity index (χ2v) is 11.1. The molecule has 2 heteroatoms. The van der Waals surface area contributed by atoms with Crippen molar-refractivity contribution in [3.8, 4) is 11.1 Å². The first-order valence-electron chi connectivity index (χ1n) is 11.9. The van der Waals surface area contributed by atoms with Crippen LogP contribution in [-0.2, 0) is 0 Å². The Morgan fingerprint density at radius 1 is 0.647 bits per heavy atom. The van der Waals surface area contributed by atoms with Crippen molar-refractivity contribution in [2.75, 3.05) is 11.5 Å². The molecular weight excluding hydrogens is 448 g/mol. The number of allylic oxidation sites excluding steroid dienone is 1. The zero-order valence-corrected chi connectivity index (χ0v) is 21.6. The zero-order chi connectivity index (χ0) is 23.6. The van der Waals surface area contributed by atoms with E-state index in [0.717, 1.165) is 11.5 Å². The molecule has 0 nitrogen and oxygen atoms in total. The second-order valence-electron chi connectivity index (χ2n) is 8.27. The van der Waals surface area contributed by atoms with Gasteiger partial charge in [-0.2, -0.15) is 0 Å². The summed E-state index contributed by atoms with van der Waals surface area (Å²) in [6.45, 7) is 4.57. The normalized spacial score (nSPS) is 13.4. The van der Waals surface area contributed by atoms with Crippen molar-refractivity contribution in [2.45, 2.75) is 24.3 Å².